The lowest BCUT2D eigenvalue weighted by Gasteiger charge is -2.09. The molecule has 1 aromatic heterocycles. The molecule has 1 aliphatic heterocycles. The van der Waals surface area contributed by atoms with Gasteiger partial charge >= 0.3 is 0 Å². The largest absolute Gasteiger partial charge is 0.338 e. The molecule has 0 unspecified atom stereocenters. The molecule has 3 rings (SSSR count). The topological polar surface area (TPSA) is 17.3 Å². The third-order valence-electron chi connectivity index (χ3n) is 2.52. The van der Waals surface area contributed by atoms with Crippen molar-refractivity contribution in [3.8, 4) is 0 Å². The SMILES string of the molecule is C1=NCCn2c1cc1ccccc12. The molecule has 0 radical (unpaired) electrons. The minimum Gasteiger partial charge on any atom is -0.338 e. The van der Waals surface area contributed by atoms with Gasteiger partial charge in [-0.1, -0.05) is 18.2 Å². The Morgan fingerprint density at radius 3 is 3.15 bits per heavy atom. The van der Waals surface area contributed by atoms with E-state index >= 15 is 0 Å². The van der Waals surface area contributed by atoms with Crippen LogP contribution in [0.4, 0.5) is 0 Å². The van der Waals surface area contributed by atoms with Gasteiger partial charge < -0.3 is 4.57 Å². The van der Waals surface area contributed by atoms with E-state index in [1.807, 2.05) is 6.21 Å². The second-order valence-electron chi connectivity index (χ2n) is 3.31. The molecule has 0 saturated carbocycles. The van der Waals surface area contributed by atoms with Gasteiger partial charge in [-0.25, -0.2) is 0 Å². The third kappa shape index (κ3) is 0.917. The van der Waals surface area contributed by atoms with E-state index in [1.54, 1.807) is 0 Å². The van der Waals surface area contributed by atoms with Crippen molar-refractivity contribution in [3.63, 3.8) is 0 Å². The first-order valence-corrected chi connectivity index (χ1v) is 4.53. The molecular formula is C11H10N2. The van der Waals surface area contributed by atoms with E-state index in [9.17, 15) is 0 Å². The van der Waals surface area contributed by atoms with Crippen molar-refractivity contribution in [2.75, 3.05) is 6.54 Å². The summed E-state index contributed by atoms with van der Waals surface area (Å²) in [5.41, 5.74) is 2.55. The summed E-state index contributed by atoms with van der Waals surface area (Å²) in [6.07, 6.45) is 1.96. The van der Waals surface area contributed by atoms with Crippen LogP contribution in [0.5, 0.6) is 0 Å². The van der Waals surface area contributed by atoms with E-state index in [1.165, 1.54) is 16.6 Å². The molecule has 1 aromatic carbocycles. The maximum atomic E-state index is 4.27. The second kappa shape index (κ2) is 2.46. The van der Waals surface area contributed by atoms with Crippen molar-refractivity contribution in [2.45, 2.75) is 6.54 Å². The first-order valence-electron chi connectivity index (χ1n) is 4.53. The van der Waals surface area contributed by atoms with E-state index in [2.05, 4.69) is 39.9 Å². The van der Waals surface area contributed by atoms with Crippen LogP contribution >= 0.6 is 0 Å². The van der Waals surface area contributed by atoms with Crippen molar-refractivity contribution in [1.29, 1.82) is 0 Å². The summed E-state index contributed by atoms with van der Waals surface area (Å²) >= 11 is 0. The van der Waals surface area contributed by atoms with Crippen LogP contribution in [0.1, 0.15) is 5.69 Å². The van der Waals surface area contributed by atoms with Crippen molar-refractivity contribution < 1.29 is 0 Å². The minimum atomic E-state index is 0.908. The van der Waals surface area contributed by atoms with E-state index in [-0.39, 0.29) is 0 Å². The van der Waals surface area contributed by atoms with Gasteiger partial charge in [0.05, 0.1) is 12.2 Å². The molecule has 2 nitrogen and oxygen atoms in total. The Morgan fingerprint density at radius 1 is 1.23 bits per heavy atom. The fourth-order valence-corrected chi connectivity index (χ4v) is 1.90. The average Bonchev–Trinajstić information content (AvgIpc) is 2.56. The standard InChI is InChI=1S/C11H10N2/c1-2-4-11-9(3-1)7-10-8-12-5-6-13(10)11/h1-4,7-8H,5-6H2. The smallest absolute Gasteiger partial charge is 0.0599 e. The average molecular weight is 170 g/mol. The van der Waals surface area contributed by atoms with Gasteiger partial charge in [0.15, 0.2) is 0 Å². The monoisotopic (exact) mass is 170 g/mol. The number of hydrogen-bond donors (Lipinski definition) is 0. The van der Waals surface area contributed by atoms with Crippen molar-refractivity contribution >= 4 is 17.1 Å². The zero-order valence-corrected chi connectivity index (χ0v) is 7.27. The number of nitrogens with zero attached hydrogens (tertiary/aromatic N) is 2. The van der Waals surface area contributed by atoms with Crippen molar-refractivity contribution in [3.05, 3.63) is 36.0 Å². The number of aromatic nitrogens is 1. The molecule has 0 atom stereocenters. The Hall–Kier alpha value is -1.57. The van der Waals surface area contributed by atoms with Gasteiger partial charge in [-0.3, -0.25) is 4.99 Å². The maximum absolute atomic E-state index is 4.27. The summed E-state index contributed by atoms with van der Waals surface area (Å²) < 4.78 is 2.32. The highest BCUT2D eigenvalue weighted by Gasteiger charge is 2.08. The normalized spacial score (nSPS) is 14.8. The Kier molecular flexibility index (Phi) is 1.30. The summed E-state index contributed by atoms with van der Waals surface area (Å²) in [5.74, 6) is 0. The summed E-state index contributed by atoms with van der Waals surface area (Å²) in [6.45, 7) is 1.92. The van der Waals surface area contributed by atoms with E-state index in [0.717, 1.165) is 13.1 Å². The molecule has 0 aliphatic carbocycles. The second-order valence-corrected chi connectivity index (χ2v) is 3.31. The van der Waals surface area contributed by atoms with Gasteiger partial charge in [-0.15, -0.1) is 0 Å². The quantitative estimate of drug-likeness (QED) is 0.576. The first kappa shape index (κ1) is 6.89. The predicted octanol–water partition coefficient (Wildman–Crippen LogP) is 2.07. The molecule has 0 saturated heterocycles. The summed E-state index contributed by atoms with van der Waals surface area (Å²) in [5, 5.41) is 1.31. The van der Waals surface area contributed by atoms with Crippen LogP contribution in [0.2, 0.25) is 0 Å². The highest BCUT2D eigenvalue weighted by atomic mass is 15.0. The van der Waals surface area contributed by atoms with Crippen LogP contribution in [0.25, 0.3) is 10.9 Å². The molecule has 13 heavy (non-hydrogen) atoms. The van der Waals surface area contributed by atoms with Gasteiger partial charge in [0, 0.05) is 23.7 Å². The van der Waals surface area contributed by atoms with Crippen LogP contribution < -0.4 is 0 Å². The highest BCUT2D eigenvalue weighted by Crippen LogP contribution is 2.19. The number of fused-ring (bicyclic) bond motifs is 3. The van der Waals surface area contributed by atoms with E-state index in [0.29, 0.717) is 0 Å². The Morgan fingerprint density at radius 2 is 2.15 bits per heavy atom. The number of hydrogen-bond acceptors (Lipinski definition) is 1. The lowest BCUT2D eigenvalue weighted by atomic mass is 10.2. The van der Waals surface area contributed by atoms with E-state index in [4.69, 9.17) is 0 Å². The van der Waals surface area contributed by atoms with Crippen molar-refractivity contribution in [2.24, 2.45) is 4.99 Å². The molecule has 2 aromatic rings. The Bertz CT molecular complexity index is 480. The summed E-state index contributed by atoms with van der Waals surface area (Å²) in [4.78, 5) is 4.27. The van der Waals surface area contributed by atoms with Gasteiger partial charge in [-0.05, 0) is 12.1 Å². The molecule has 2 heteroatoms. The van der Waals surface area contributed by atoms with Crippen LogP contribution in [0.3, 0.4) is 0 Å². The summed E-state index contributed by atoms with van der Waals surface area (Å²) in [6, 6.07) is 10.7. The van der Waals surface area contributed by atoms with Crippen LogP contribution in [-0.4, -0.2) is 17.3 Å². The number of para-hydroxylation sites is 1. The molecule has 64 valence electrons. The number of benzene rings is 1. The Labute approximate surface area is 76.5 Å². The fraction of sp³-hybridized carbons (Fsp3) is 0.182. The predicted molar refractivity (Wildman–Crippen MR) is 54.4 cm³/mol. The zero-order chi connectivity index (χ0) is 8.67. The Balaban J connectivity index is 2.41. The molecule has 0 fully saturated rings. The lowest BCUT2D eigenvalue weighted by molar-refractivity contribution is 0.716. The minimum absolute atomic E-state index is 0.908. The number of aliphatic imine (C=N–C) groups is 1. The van der Waals surface area contributed by atoms with Gasteiger partial charge in [0.1, 0.15) is 0 Å². The van der Waals surface area contributed by atoms with Gasteiger partial charge in [-0.2, -0.15) is 0 Å². The van der Waals surface area contributed by atoms with Crippen LogP contribution in [0.15, 0.2) is 35.3 Å². The molecule has 0 N–H and O–H groups in total. The first-order chi connectivity index (χ1) is 6.45. The third-order valence-corrected chi connectivity index (χ3v) is 2.52. The van der Waals surface area contributed by atoms with Crippen molar-refractivity contribution in [1.82, 2.24) is 4.57 Å². The fourth-order valence-electron chi connectivity index (χ4n) is 1.90. The molecular weight excluding hydrogens is 160 g/mol. The molecule has 0 bridgehead atoms. The van der Waals surface area contributed by atoms with Gasteiger partial charge in [0.2, 0.25) is 0 Å². The molecule has 2 heterocycles. The lowest BCUT2D eigenvalue weighted by Crippen LogP contribution is -2.09. The van der Waals surface area contributed by atoms with Crippen LogP contribution in [0, 0.1) is 0 Å². The van der Waals surface area contributed by atoms with Crippen LogP contribution in [-0.2, 0) is 6.54 Å². The summed E-state index contributed by atoms with van der Waals surface area (Å²) in [7, 11) is 0. The molecule has 0 spiro atoms. The maximum Gasteiger partial charge on any atom is 0.0599 e. The molecule has 0 amide bonds. The van der Waals surface area contributed by atoms with Gasteiger partial charge in [0.25, 0.3) is 0 Å². The highest BCUT2D eigenvalue weighted by molar-refractivity contribution is 5.91. The van der Waals surface area contributed by atoms with E-state index < -0.39 is 0 Å². The zero-order valence-electron chi connectivity index (χ0n) is 7.27. The number of rotatable bonds is 0. The molecule has 1 aliphatic rings.